The summed E-state index contributed by atoms with van der Waals surface area (Å²) in [7, 11) is -2.21. The molecule has 0 aromatic carbocycles. The van der Waals surface area contributed by atoms with Crippen LogP contribution in [-0.4, -0.2) is 25.7 Å². The molecule has 0 aromatic heterocycles. The molecule has 96 valence electrons. The minimum absolute atomic E-state index is 0.279. The quantitative estimate of drug-likeness (QED) is 0.385. The van der Waals surface area contributed by atoms with Gasteiger partial charge in [0, 0.05) is 6.54 Å². The van der Waals surface area contributed by atoms with Crippen LogP contribution in [0.15, 0.2) is 0 Å². The van der Waals surface area contributed by atoms with Crippen LogP contribution in [-0.2, 0) is 18.6 Å². The zero-order valence-electron chi connectivity index (χ0n) is 10.2. The maximum atomic E-state index is 11.3. The van der Waals surface area contributed by atoms with Crippen LogP contribution in [0, 0.1) is 5.92 Å². The summed E-state index contributed by atoms with van der Waals surface area (Å²) >= 11 is 0. The van der Waals surface area contributed by atoms with E-state index in [1.165, 1.54) is 0 Å². The van der Waals surface area contributed by atoms with Crippen molar-refractivity contribution in [3.05, 3.63) is 0 Å². The monoisotopic (exact) mass is 251 g/mol. The molecule has 5 nitrogen and oxygen atoms in total. The topological polar surface area (TPSA) is 64.6 Å². The Bertz CT molecular complexity index is 223. The first-order chi connectivity index (χ1) is 7.61. The Morgan fingerprint density at radius 1 is 1.44 bits per heavy atom. The van der Waals surface area contributed by atoms with Gasteiger partial charge in [-0.15, -0.1) is 0 Å². The van der Waals surface area contributed by atoms with E-state index >= 15 is 0 Å². The number of esters is 1. The second-order valence-electron chi connectivity index (χ2n) is 3.52. The van der Waals surface area contributed by atoms with Crippen LogP contribution >= 0.6 is 8.18 Å². The Balaban J connectivity index is 3.62. The van der Waals surface area contributed by atoms with Crippen molar-refractivity contribution in [2.75, 3.05) is 19.8 Å². The zero-order chi connectivity index (χ0) is 12.4. The standard InChI is InChI=1S/C10H22NO4P/c1-4-6-7-15-16(13)11-8-9(3)10(12)14-5-2/h9,16H,4-8H2,1-3H3,(H,11,13). The van der Waals surface area contributed by atoms with E-state index in [1.54, 1.807) is 13.8 Å². The molecule has 0 aromatic rings. The van der Waals surface area contributed by atoms with Crippen LogP contribution in [0.2, 0.25) is 0 Å². The van der Waals surface area contributed by atoms with Crippen LogP contribution in [0.25, 0.3) is 0 Å². The fourth-order valence-corrected chi connectivity index (χ4v) is 1.87. The molecule has 0 aliphatic rings. The van der Waals surface area contributed by atoms with Crippen molar-refractivity contribution in [2.45, 2.75) is 33.6 Å². The Hall–Kier alpha value is -0.380. The molecule has 0 bridgehead atoms. The third kappa shape index (κ3) is 7.85. The molecule has 0 aliphatic heterocycles. The number of ether oxygens (including phenoxy) is 1. The van der Waals surface area contributed by atoms with E-state index in [2.05, 4.69) is 5.09 Å². The van der Waals surface area contributed by atoms with Gasteiger partial charge in [-0.05, 0) is 13.3 Å². The molecule has 1 N–H and O–H groups in total. The van der Waals surface area contributed by atoms with Gasteiger partial charge in [-0.3, -0.25) is 9.36 Å². The summed E-state index contributed by atoms with van der Waals surface area (Å²) in [5.74, 6) is -0.581. The van der Waals surface area contributed by atoms with Crippen LogP contribution in [0.4, 0.5) is 0 Å². The van der Waals surface area contributed by atoms with Crippen molar-refractivity contribution < 1.29 is 18.6 Å². The maximum absolute atomic E-state index is 11.3. The summed E-state index contributed by atoms with van der Waals surface area (Å²) in [6.07, 6.45) is 1.90. The zero-order valence-corrected chi connectivity index (χ0v) is 11.2. The third-order valence-corrected chi connectivity index (χ3v) is 2.93. The number of carbonyl (C=O) groups is 1. The first-order valence-corrected chi connectivity index (χ1v) is 7.00. The van der Waals surface area contributed by atoms with Gasteiger partial charge in [0.25, 0.3) is 8.18 Å². The normalized spacial score (nSPS) is 14.4. The molecule has 0 heterocycles. The maximum Gasteiger partial charge on any atom is 0.309 e. The second kappa shape index (κ2) is 9.82. The van der Waals surface area contributed by atoms with Gasteiger partial charge in [-0.2, -0.15) is 0 Å². The first-order valence-electron chi connectivity index (χ1n) is 5.69. The van der Waals surface area contributed by atoms with Crippen LogP contribution < -0.4 is 5.09 Å². The number of carbonyl (C=O) groups excluding carboxylic acids is 1. The fraction of sp³-hybridized carbons (Fsp3) is 0.900. The highest BCUT2D eigenvalue weighted by atomic mass is 31.1. The van der Waals surface area contributed by atoms with Crippen molar-refractivity contribution >= 4 is 14.1 Å². The molecule has 0 fully saturated rings. The Labute approximate surface area is 97.8 Å². The number of hydrogen-bond acceptors (Lipinski definition) is 4. The average molecular weight is 251 g/mol. The summed E-state index contributed by atoms with van der Waals surface area (Å²) in [6.45, 7) is 6.71. The third-order valence-electron chi connectivity index (χ3n) is 1.97. The highest BCUT2D eigenvalue weighted by Gasteiger charge is 2.14. The van der Waals surface area contributed by atoms with E-state index in [-0.39, 0.29) is 11.9 Å². The largest absolute Gasteiger partial charge is 0.466 e. The molecule has 2 atom stereocenters. The van der Waals surface area contributed by atoms with E-state index in [1.807, 2.05) is 6.92 Å². The van der Waals surface area contributed by atoms with Crippen molar-refractivity contribution in [1.29, 1.82) is 0 Å². The van der Waals surface area contributed by atoms with Gasteiger partial charge in [0.1, 0.15) is 0 Å². The first kappa shape index (κ1) is 15.6. The minimum atomic E-state index is -2.21. The van der Waals surface area contributed by atoms with Crippen molar-refractivity contribution in [3.63, 3.8) is 0 Å². The average Bonchev–Trinajstić information content (AvgIpc) is 2.26. The van der Waals surface area contributed by atoms with Crippen molar-refractivity contribution in [1.82, 2.24) is 5.09 Å². The summed E-state index contributed by atoms with van der Waals surface area (Å²) in [4.78, 5) is 11.2. The Kier molecular flexibility index (Phi) is 9.59. The molecule has 0 radical (unpaired) electrons. The molecule has 0 rings (SSSR count). The van der Waals surface area contributed by atoms with E-state index in [9.17, 15) is 9.36 Å². The molecule has 16 heavy (non-hydrogen) atoms. The van der Waals surface area contributed by atoms with Gasteiger partial charge in [-0.25, -0.2) is 5.09 Å². The lowest BCUT2D eigenvalue weighted by Crippen LogP contribution is -2.24. The van der Waals surface area contributed by atoms with Gasteiger partial charge in [-0.1, -0.05) is 20.3 Å². The predicted octanol–water partition coefficient (Wildman–Crippen LogP) is 1.98. The summed E-state index contributed by atoms with van der Waals surface area (Å²) < 4.78 is 21.2. The number of hydrogen-bond donors (Lipinski definition) is 1. The van der Waals surface area contributed by atoms with Crippen LogP contribution in [0.1, 0.15) is 33.6 Å². The van der Waals surface area contributed by atoms with Gasteiger partial charge >= 0.3 is 5.97 Å². The van der Waals surface area contributed by atoms with Gasteiger partial charge in [0.15, 0.2) is 0 Å². The Morgan fingerprint density at radius 3 is 2.69 bits per heavy atom. The van der Waals surface area contributed by atoms with E-state index in [4.69, 9.17) is 9.26 Å². The van der Waals surface area contributed by atoms with E-state index in [0.29, 0.717) is 19.8 Å². The molecule has 0 amide bonds. The van der Waals surface area contributed by atoms with Gasteiger partial charge in [0.05, 0.1) is 19.1 Å². The lowest BCUT2D eigenvalue weighted by atomic mass is 10.2. The number of unbranched alkanes of at least 4 members (excludes halogenated alkanes) is 1. The van der Waals surface area contributed by atoms with Crippen molar-refractivity contribution in [2.24, 2.45) is 5.92 Å². The Morgan fingerprint density at radius 2 is 2.12 bits per heavy atom. The highest BCUT2D eigenvalue weighted by Crippen LogP contribution is 2.17. The van der Waals surface area contributed by atoms with E-state index < -0.39 is 8.18 Å². The SMILES string of the molecule is CCCCO[PH](=O)NCC(C)C(=O)OCC. The van der Waals surface area contributed by atoms with Gasteiger partial charge in [0.2, 0.25) is 0 Å². The molecule has 0 aliphatic carbocycles. The van der Waals surface area contributed by atoms with Crippen LogP contribution in [0.3, 0.4) is 0 Å². The molecule has 6 heteroatoms. The van der Waals surface area contributed by atoms with Crippen LogP contribution in [0.5, 0.6) is 0 Å². The van der Waals surface area contributed by atoms with Gasteiger partial charge < -0.3 is 9.26 Å². The summed E-state index contributed by atoms with van der Waals surface area (Å²) in [6, 6.07) is 0. The smallest absolute Gasteiger partial charge is 0.309 e. The lowest BCUT2D eigenvalue weighted by Gasteiger charge is -2.11. The summed E-state index contributed by atoms with van der Waals surface area (Å²) in [5.41, 5.74) is 0. The molecular weight excluding hydrogens is 229 g/mol. The van der Waals surface area contributed by atoms with Crippen molar-refractivity contribution in [3.8, 4) is 0 Å². The highest BCUT2D eigenvalue weighted by molar-refractivity contribution is 7.36. The minimum Gasteiger partial charge on any atom is -0.466 e. The van der Waals surface area contributed by atoms with E-state index in [0.717, 1.165) is 12.8 Å². The molecule has 0 saturated carbocycles. The summed E-state index contributed by atoms with van der Waals surface area (Å²) in [5, 5.41) is 2.70. The molecule has 0 spiro atoms. The molecular formula is C10H22NO4P. The lowest BCUT2D eigenvalue weighted by molar-refractivity contribution is -0.147. The predicted molar refractivity (Wildman–Crippen MR) is 63.7 cm³/mol. The fourth-order valence-electron chi connectivity index (χ4n) is 0.965. The second-order valence-corrected chi connectivity index (χ2v) is 4.74. The number of nitrogens with one attached hydrogen (secondary N) is 1. The molecule has 2 unspecified atom stereocenters. The molecule has 0 saturated heterocycles. The number of rotatable bonds is 9.